The van der Waals surface area contributed by atoms with Crippen LogP contribution in [0.25, 0.3) is 0 Å². The van der Waals surface area contributed by atoms with Crippen molar-refractivity contribution >= 4 is 71.1 Å². The number of aliphatic imine (C=N–C) groups is 2. The minimum absolute atomic E-state index is 0.00148. The van der Waals surface area contributed by atoms with E-state index in [-0.39, 0.29) is 70.1 Å². The standard InChI is InChI=1S/C53H88N18O13/c1-7-9-23-71(27-40(75)76)51(84)41(29(3)8-2)68-47(80)36(18-14-22-61-53(57)58)65-39(74)26-62-49(82)42(31(5)72)70-50(83)43(32(6)73)69-48(81)38(24-34-25-59-28-63-34)67-46(79)37(20-19-33-15-11-10-12-16-33)66-44(77)30(4)64-45(78)35(54)17-13-21-60-52(55)56/h10-12,15-16,25,28-32,35-38,41-43,72-73H,7-9,13-14,17-24,26-27,54H2,1-6H3,(H,59,63)(H,62,82)(H,64,78)(H,65,74)(H,66,77)(H,67,79)(H,68,80)(H,69,81)(H,70,83)(H,75,76)(H4,55,56,60)(H4,57,58,61)/t29?,30-,31+,32+,35-,36+,37-,38-,41-,42-,43-/m0/s1. The van der Waals surface area contributed by atoms with Crippen LogP contribution in [0.3, 0.4) is 0 Å². The number of aliphatic carboxylic acids is 1. The molecule has 0 radical (unpaired) electrons. The maximum Gasteiger partial charge on any atom is 0.323 e. The van der Waals surface area contributed by atoms with E-state index in [1.54, 1.807) is 44.2 Å². The van der Waals surface area contributed by atoms with Gasteiger partial charge in [-0.2, -0.15) is 0 Å². The predicted octanol–water partition coefficient (Wildman–Crippen LogP) is -4.93. The molecule has 11 atom stereocenters. The van der Waals surface area contributed by atoms with Gasteiger partial charge in [-0.3, -0.25) is 57.9 Å². The van der Waals surface area contributed by atoms with Gasteiger partial charge in [-0.25, -0.2) is 4.98 Å². The number of imidazole rings is 1. The highest BCUT2D eigenvalue weighted by Gasteiger charge is 2.37. The van der Waals surface area contributed by atoms with E-state index in [4.69, 9.17) is 28.7 Å². The minimum atomic E-state index is -1.85. The zero-order chi connectivity index (χ0) is 63.1. The van der Waals surface area contributed by atoms with Crippen LogP contribution >= 0.6 is 0 Å². The van der Waals surface area contributed by atoms with Gasteiger partial charge < -0.3 is 96.4 Å². The average Bonchev–Trinajstić information content (AvgIpc) is 4.09. The van der Waals surface area contributed by atoms with Gasteiger partial charge in [0.05, 0.1) is 31.1 Å². The van der Waals surface area contributed by atoms with Gasteiger partial charge in [0.2, 0.25) is 53.2 Å². The van der Waals surface area contributed by atoms with Gasteiger partial charge in [-0.05, 0) is 77.2 Å². The van der Waals surface area contributed by atoms with Crippen molar-refractivity contribution in [1.82, 2.24) is 57.4 Å². The first-order valence-electron chi connectivity index (χ1n) is 27.8. The molecule has 1 unspecified atom stereocenters. The third kappa shape index (κ3) is 26.6. The number of aromatic amines is 1. The number of carboxylic acids is 1. The number of carboxylic acid groups (broad SMARTS) is 1. The molecule has 0 saturated carbocycles. The van der Waals surface area contributed by atoms with Crippen molar-refractivity contribution in [1.29, 1.82) is 0 Å². The van der Waals surface area contributed by atoms with Crippen LogP contribution < -0.4 is 71.2 Å². The number of rotatable bonds is 39. The number of benzene rings is 1. The summed E-state index contributed by atoms with van der Waals surface area (Å²) in [5.41, 5.74) is 28.8. The molecule has 1 heterocycles. The lowest BCUT2D eigenvalue weighted by molar-refractivity contribution is -0.146. The number of aromatic nitrogens is 2. The van der Waals surface area contributed by atoms with E-state index in [1.165, 1.54) is 19.4 Å². The fraction of sp³-hybridized carbons (Fsp3) is 0.604. The molecule has 22 N–H and O–H groups in total. The molecule has 1 aromatic carbocycles. The van der Waals surface area contributed by atoms with Crippen molar-refractivity contribution in [2.75, 3.05) is 32.7 Å². The molecule has 0 aliphatic carbocycles. The highest BCUT2D eigenvalue weighted by Crippen LogP contribution is 2.14. The highest BCUT2D eigenvalue weighted by molar-refractivity contribution is 5.98. The third-order valence-corrected chi connectivity index (χ3v) is 13.2. The minimum Gasteiger partial charge on any atom is -0.480 e. The number of H-pyrrole nitrogens is 1. The lowest BCUT2D eigenvalue weighted by atomic mass is 9.96. The summed E-state index contributed by atoms with van der Waals surface area (Å²) in [6.45, 7) is 7.96. The Kier molecular flexibility index (Phi) is 32.1. The number of unbranched alkanes of at least 4 members (excludes halogenated alkanes) is 1. The van der Waals surface area contributed by atoms with Crippen LogP contribution in [0, 0.1) is 5.92 Å². The molecule has 9 amide bonds. The number of carbonyl (C=O) groups is 10. The number of guanidine groups is 2. The Morgan fingerprint density at radius 3 is 1.75 bits per heavy atom. The van der Waals surface area contributed by atoms with Crippen LogP contribution in [0.1, 0.15) is 104 Å². The summed E-state index contributed by atoms with van der Waals surface area (Å²) in [6.07, 6.45) is 1.55. The number of nitrogens with zero attached hydrogens (tertiary/aromatic N) is 4. The smallest absolute Gasteiger partial charge is 0.323 e. The molecule has 31 nitrogen and oxygen atoms in total. The number of aryl methyl sites for hydroxylation is 1. The van der Waals surface area contributed by atoms with Gasteiger partial charge in [0.15, 0.2) is 11.9 Å². The zero-order valence-corrected chi connectivity index (χ0v) is 48.6. The molecule has 0 spiro atoms. The zero-order valence-electron chi connectivity index (χ0n) is 48.6. The van der Waals surface area contributed by atoms with Crippen LogP contribution in [-0.4, -0.2) is 195 Å². The van der Waals surface area contributed by atoms with E-state index < -0.39 is 139 Å². The fourth-order valence-electron chi connectivity index (χ4n) is 8.17. The summed E-state index contributed by atoms with van der Waals surface area (Å²) in [6, 6.07) is -2.28. The topological polar surface area (TPSA) is 514 Å². The number of amides is 9. The Hall–Kier alpha value is -8.45. The van der Waals surface area contributed by atoms with Gasteiger partial charge in [0.1, 0.15) is 48.8 Å². The first kappa shape index (κ1) is 71.7. The Bertz CT molecular complexity index is 2510. The Balaban J connectivity index is 2.32. The van der Waals surface area contributed by atoms with E-state index in [0.717, 1.165) is 24.3 Å². The first-order chi connectivity index (χ1) is 39.7. The lowest BCUT2D eigenvalue weighted by Gasteiger charge is -2.31. The average molecular weight is 1190 g/mol. The first-order valence-corrected chi connectivity index (χ1v) is 27.8. The maximum atomic E-state index is 14.2. The third-order valence-electron chi connectivity index (χ3n) is 13.2. The Morgan fingerprint density at radius 1 is 0.643 bits per heavy atom. The largest absolute Gasteiger partial charge is 0.480 e. The second-order valence-electron chi connectivity index (χ2n) is 20.3. The summed E-state index contributed by atoms with van der Waals surface area (Å²) >= 11 is 0. The second-order valence-corrected chi connectivity index (χ2v) is 20.3. The molecule has 0 aliphatic rings. The van der Waals surface area contributed by atoms with E-state index in [1.807, 2.05) is 6.92 Å². The van der Waals surface area contributed by atoms with E-state index in [9.17, 15) is 63.3 Å². The molecule has 31 heteroatoms. The molecule has 468 valence electrons. The second kappa shape index (κ2) is 37.6. The highest BCUT2D eigenvalue weighted by atomic mass is 16.4. The van der Waals surface area contributed by atoms with Crippen molar-refractivity contribution in [2.24, 2.45) is 44.6 Å². The monoisotopic (exact) mass is 1180 g/mol. The van der Waals surface area contributed by atoms with Crippen LogP contribution in [0.5, 0.6) is 0 Å². The Labute approximate surface area is 488 Å². The van der Waals surface area contributed by atoms with Gasteiger partial charge in [-0.1, -0.05) is 63.9 Å². The van der Waals surface area contributed by atoms with Crippen LogP contribution in [0.15, 0.2) is 52.8 Å². The van der Waals surface area contributed by atoms with Gasteiger partial charge >= 0.3 is 5.97 Å². The number of aliphatic hydroxyl groups is 2. The summed E-state index contributed by atoms with van der Waals surface area (Å²) in [4.78, 5) is 151. The number of hydrogen-bond acceptors (Lipinski definition) is 16. The number of nitrogens with two attached hydrogens (primary N) is 5. The molecule has 2 rings (SSSR count). The molecular weight excluding hydrogens is 1100 g/mol. The Morgan fingerprint density at radius 2 is 1.19 bits per heavy atom. The molecule has 0 saturated heterocycles. The van der Waals surface area contributed by atoms with E-state index in [2.05, 4.69) is 62.5 Å². The van der Waals surface area contributed by atoms with Crippen LogP contribution in [0.4, 0.5) is 0 Å². The number of hydrogen-bond donors (Lipinski definition) is 17. The summed E-state index contributed by atoms with van der Waals surface area (Å²) in [5.74, 6) is -10.1. The summed E-state index contributed by atoms with van der Waals surface area (Å²) in [5, 5.41) is 51.0. The van der Waals surface area contributed by atoms with Crippen molar-refractivity contribution in [3.05, 3.63) is 54.1 Å². The van der Waals surface area contributed by atoms with Crippen molar-refractivity contribution < 1.29 is 63.3 Å². The normalized spacial score (nSPS) is 14.9. The van der Waals surface area contributed by atoms with Gasteiger partial charge in [0, 0.05) is 37.9 Å². The van der Waals surface area contributed by atoms with Gasteiger partial charge in [-0.15, -0.1) is 0 Å². The lowest BCUT2D eigenvalue weighted by Crippen LogP contribution is -2.62. The number of carbonyl (C=O) groups excluding carboxylic acids is 9. The molecule has 1 aromatic heterocycles. The SMILES string of the molecule is CCCCN(CC(=O)O)C(=O)[C@@H](NC(=O)[C@@H](CCCN=C(N)N)NC(=O)CNC(=O)[C@@H](NC(=O)[C@@H](NC(=O)[C@H](Cc1cnc[nH]1)NC(=O)[C@H](CCc1ccccc1)NC(=O)[C@H](C)NC(=O)[C@@H](N)CCCN=C(N)N)[C@@H](C)O)[C@@H](C)O)C(C)CC. The van der Waals surface area contributed by atoms with Crippen molar-refractivity contribution in [3.63, 3.8) is 0 Å². The molecule has 0 fully saturated rings. The maximum absolute atomic E-state index is 14.2. The molecule has 0 aliphatic heterocycles. The van der Waals surface area contributed by atoms with E-state index in [0.29, 0.717) is 31.4 Å². The predicted molar refractivity (Wildman–Crippen MR) is 309 cm³/mol. The van der Waals surface area contributed by atoms with Crippen LogP contribution in [-0.2, 0) is 60.8 Å². The fourth-order valence-corrected chi connectivity index (χ4v) is 8.17. The van der Waals surface area contributed by atoms with E-state index >= 15 is 0 Å². The van der Waals surface area contributed by atoms with Crippen LogP contribution in [0.2, 0.25) is 0 Å². The quantitative estimate of drug-likeness (QED) is 0.0169. The molecule has 2 aromatic rings. The summed E-state index contributed by atoms with van der Waals surface area (Å²) < 4.78 is 0. The van der Waals surface area contributed by atoms with Gasteiger partial charge in [0.25, 0.3) is 0 Å². The molecule has 0 bridgehead atoms. The number of aliphatic hydroxyl groups excluding tert-OH is 2. The van der Waals surface area contributed by atoms with Crippen molar-refractivity contribution in [2.45, 2.75) is 166 Å². The molecule has 84 heavy (non-hydrogen) atoms. The number of nitrogens with one attached hydrogen (secondary N) is 9. The summed E-state index contributed by atoms with van der Waals surface area (Å²) in [7, 11) is 0. The van der Waals surface area contributed by atoms with Crippen molar-refractivity contribution in [3.8, 4) is 0 Å². The molecular formula is C53H88N18O13.